The Morgan fingerprint density at radius 1 is 1.53 bits per heavy atom. The zero-order valence-electron chi connectivity index (χ0n) is 10.3. The van der Waals surface area contributed by atoms with Crippen LogP contribution in [0.25, 0.3) is 0 Å². The molecule has 0 saturated carbocycles. The molecular formula is C12H18O4S. The number of hydrogen-bond acceptors (Lipinski definition) is 4. The Balaban J connectivity index is 2.85. The minimum absolute atomic E-state index is 0.0789. The van der Waals surface area contributed by atoms with E-state index in [1.165, 1.54) is 11.3 Å². The second-order valence-electron chi connectivity index (χ2n) is 4.56. The van der Waals surface area contributed by atoms with Crippen LogP contribution in [-0.4, -0.2) is 28.4 Å². The highest BCUT2D eigenvalue weighted by molar-refractivity contribution is 7.14. The first-order valence-electron chi connectivity index (χ1n) is 5.54. The Morgan fingerprint density at radius 3 is 2.65 bits per heavy atom. The number of aliphatic hydroxyl groups is 1. The summed E-state index contributed by atoms with van der Waals surface area (Å²) in [7, 11) is 0. The van der Waals surface area contributed by atoms with E-state index in [0.717, 1.165) is 17.7 Å². The van der Waals surface area contributed by atoms with Gasteiger partial charge in [0.25, 0.3) is 0 Å². The van der Waals surface area contributed by atoms with Crippen LogP contribution in [0.1, 0.15) is 41.7 Å². The van der Waals surface area contributed by atoms with Gasteiger partial charge in [0.15, 0.2) is 4.88 Å². The zero-order chi connectivity index (χ0) is 13.1. The Labute approximate surface area is 105 Å². The van der Waals surface area contributed by atoms with Gasteiger partial charge < -0.3 is 14.9 Å². The lowest BCUT2D eigenvalue weighted by Crippen LogP contribution is -2.28. The Hall–Kier alpha value is -1.07. The van der Waals surface area contributed by atoms with E-state index >= 15 is 0 Å². The van der Waals surface area contributed by atoms with Gasteiger partial charge in [0.1, 0.15) is 12.4 Å². The largest absolute Gasteiger partial charge is 0.489 e. The molecule has 0 aliphatic heterocycles. The van der Waals surface area contributed by atoms with E-state index in [-0.39, 0.29) is 11.5 Å². The zero-order valence-corrected chi connectivity index (χ0v) is 11.1. The first kappa shape index (κ1) is 14.0. The van der Waals surface area contributed by atoms with Crippen LogP contribution in [0.5, 0.6) is 5.75 Å². The van der Waals surface area contributed by atoms with Gasteiger partial charge in [-0.05, 0) is 26.3 Å². The molecule has 0 spiro atoms. The third kappa shape index (κ3) is 4.36. The van der Waals surface area contributed by atoms with Crippen LogP contribution in [0.4, 0.5) is 0 Å². The van der Waals surface area contributed by atoms with Crippen LogP contribution in [-0.2, 0) is 6.42 Å². The van der Waals surface area contributed by atoms with Crippen LogP contribution in [0, 0.1) is 0 Å². The van der Waals surface area contributed by atoms with Gasteiger partial charge in [-0.1, -0.05) is 13.3 Å². The van der Waals surface area contributed by atoms with Crippen molar-refractivity contribution in [1.29, 1.82) is 0 Å². The number of rotatable bonds is 6. The van der Waals surface area contributed by atoms with Crippen molar-refractivity contribution in [3.05, 3.63) is 15.8 Å². The van der Waals surface area contributed by atoms with Crippen LogP contribution in [0.15, 0.2) is 6.07 Å². The summed E-state index contributed by atoms with van der Waals surface area (Å²) in [5, 5.41) is 18.6. The van der Waals surface area contributed by atoms with Gasteiger partial charge in [0, 0.05) is 4.88 Å². The molecule has 0 unspecified atom stereocenters. The molecule has 0 saturated heterocycles. The molecule has 0 radical (unpaired) electrons. The molecule has 0 aromatic carbocycles. The quantitative estimate of drug-likeness (QED) is 0.823. The summed E-state index contributed by atoms with van der Waals surface area (Å²) in [6.07, 6.45) is 1.81. The topological polar surface area (TPSA) is 66.8 Å². The Bertz CT molecular complexity index is 390. The summed E-state index contributed by atoms with van der Waals surface area (Å²) in [6, 6.07) is 1.75. The van der Waals surface area contributed by atoms with E-state index in [1.807, 2.05) is 6.92 Å². The lowest BCUT2D eigenvalue weighted by molar-refractivity contribution is 0.0278. The van der Waals surface area contributed by atoms with Gasteiger partial charge in [-0.25, -0.2) is 4.79 Å². The third-order valence-electron chi connectivity index (χ3n) is 2.02. The number of carboxylic acid groups (broad SMARTS) is 1. The summed E-state index contributed by atoms with van der Waals surface area (Å²) in [5.74, 6) is -0.629. The Kier molecular flexibility index (Phi) is 4.54. The molecule has 0 amide bonds. The van der Waals surface area contributed by atoms with Crippen molar-refractivity contribution in [3.63, 3.8) is 0 Å². The maximum atomic E-state index is 11.0. The lowest BCUT2D eigenvalue weighted by Gasteiger charge is -2.17. The minimum atomic E-state index is -0.983. The number of aryl methyl sites for hydroxylation is 1. The predicted octanol–water partition coefficient (Wildman–Crippen LogP) is 2.55. The molecule has 0 bridgehead atoms. The van der Waals surface area contributed by atoms with Crippen molar-refractivity contribution in [2.45, 2.75) is 39.2 Å². The average molecular weight is 258 g/mol. The fraction of sp³-hybridized carbons (Fsp3) is 0.583. The molecule has 5 heteroatoms. The highest BCUT2D eigenvalue weighted by Crippen LogP contribution is 2.30. The van der Waals surface area contributed by atoms with E-state index < -0.39 is 11.6 Å². The molecule has 1 aromatic heterocycles. The fourth-order valence-corrected chi connectivity index (χ4v) is 2.34. The predicted molar refractivity (Wildman–Crippen MR) is 67.1 cm³/mol. The second-order valence-corrected chi connectivity index (χ2v) is 5.70. The molecule has 4 nitrogen and oxygen atoms in total. The molecule has 1 rings (SSSR count). The first-order chi connectivity index (χ1) is 7.83. The molecule has 0 aliphatic rings. The van der Waals surface area contributed by atoms with E-state index in [1.54, 1.807) is 19.9 Å². The van der Waals surface area contributed by atoms with E-state index in [2.05, 4.69) is 0 Å². The van der Waals surface area contributed by atoms with Crippen molar-refractivity contribution in [2.24, 2.45) is 0 Å². The van der Waals surface area contributed by atoms with E-state index in [4.69, 9.17) is 9.84 Å². The average Bonchev–Trinajstić information content (AvgIpc) is 2.58. The molecule has 0 fully saturated rings. The molecule has 1 aromatic rings. The van der Waals surface area contributed by atoms with Crippen molar-refractivity contribution < 1.29 is 19.7 Å². The maximum Gasteiger partial charge on any atom is 0.349 e. The minimum Gasteiger partial charge on any atom is -0.489 e. The van der Waals surface area contributed by atoms with Gasteiger partial charge in [0.2, 0.25) is 0 Å². The molecule has 0 aliphatic carbocycles. The summed E-state index contributed by atoms with van der Waals surface area (Å²) in [6.45, 7) is 5.35. The number of thiophene rings is 1. The number of aromatic carboxylic acids is 1. The number of hydrogen-bond donors (Lipinski definition) is 2. The third-order valence-corrected chi connectivity index (χ3v) is 3.18. The van der Waals surface area contributed by atoms with Crippen LogP contribution >= 0.6 is 11.3 Å². The monoisotopic (exact) mass is 258 g/mol. The summed E-state index contributed by atoms with van der Waals surface area (Å²) in [5.41, 5.74) is -0.970. The molecule has 0 atom stereocenters. The van der Waals surface area contributed by atoms with Crippen molar-refractivity contribution in [3.8, 4) is 5.75 Å². The Morgan fingerprint density at radius 2 is 2.18 bits per heavy atom. The highest BCUT2D eigenvalue weighted by atomic mass is 32.1. The maximum absolute atomic E-state index is 11.0. The fourth-order valence-electron chi connectivity index (χ4n) is 1.30. The van der Waals surface area contributed by atoms with Crippen LogP contribution < -0.4 is 4.74 Å². The highest BCUT2D eigenvalue weighted by Gasteiger charge is 2.20. The molecule has 96 valence electrons. The second kappa shape index (κ2) is 5.51. The number of carboxylic acids is 1. The van der Waals surface area contributed by atoms with Gasteiger partial charge in [-0.15, -0.1) is 11.3 Å². The van der Waals surface area contributed by atoms with Crippen LogP contribution in [0.3, 0.4) is 0 Å². The van der Waals surface area contributed by atoms with Gasteiger partial charge in [-0.2, -0.15) is 0 Å². The molecular weight excluding hydrogens is 240 g/mol. The molecule has 17 heavy (non-hydrogen) atoms. The molecule has 1 heterocycles. The lowest BCUT2D eigenvalue weighted by atomic mass is 10.2. The smallest absolute Gasteiger partial charge is 0.349 e. The van der Waals surface area contributed by atoms with Crippen molar-refractivity contribution >= 4 is 17.3 Å². The van der Waals surface area contributed by atoms with E-state index in [9.17, 15) is 9.90 Å². The standard InChI is InChI=1S/C12H18O4S/c1-4-5-8-6-9(10(17-8)11(13)14)16-7-12(2,3)15/h6,15H,4-5,7H2,1-3H3,(H,13,14). The van der Waals surface area contributed by atoms with Crippen molar-refractivity contribution in [2.75, 3.05) is 6.61 Å². The summed E-state index contributed by atoms with van der Waals surface area (Å²) >= 11 is 1.24. The first-order valence-corrected chi connectivity index (χ1v) is 6.36. The normalized spacial score (nSPS) is 11.5. The number of carbonyl (C=O) groups is 1. The molecule has 2 N–H and O–H groups in total. The number of ether oxygens (including phenoxy) is 1. The van der Waals surface area contributed by atoms with E-state index in [0.29, 0.717) is 5.75 Å². The van der Waals surface area contributed by atoms with Gasteiger partial charge in [-0.3, -0.25) is 0 Å². The van der Waals surface area contributed by atoms with Crippen molar-refractivity contribution in [1.82, 2.24) is 0 Å². The van der Waals surface area contributed by atoms with Crippen LogP contribution in [0.2, 0.25) is 0 Å². The SMILES string of the molecule is CCCc1cc(OCC(C)(C)O)c(C(=O)O)s1. The summed E-state index contributed by atoms with van der Waals surface area (Å²) in [4.78, 5) is 12.2. The van der Waals surface area contributed by atoms with Gasteiger partial charge >= 0.3 is 5.97 Å². The summed E-state index contributed by atoms with van der Waals surface area (Å²) < 4.78 is 5.37. The van der Waals surface area contributed by atoms with Gasteiger partial charge in [0.05, 0.1) is 5.60 Å².